The molecule has 18 heavy (non-hydrogen) atoms. The van der Waals surface area contributed by atoms with E-state index in [0.29, 0.717) is 13.2 Å². The minimum absolute atomic E-state index is 0.0448. The highest BCUT2D eigenvalue weighted by Crippen LogP contribution is 2.29. The Morgan fingerprint density at radius 1 is 1.33 bits per heavy atom. The highest BCUT2D eigenvalue weighted by Gasteiger charge is 2.41. The molecule has 1 aromatic carbocycles. The predicted octanol–water partition coefficient (Wildman–Crippen LogP) is 1.41. The standard InChI is InChI=1S/C13H16O5/c1-13(12(15)16-2)17-7-10(8-18-13)9-3-5-11(14)6-4-9/h3-6,10,14H,7-8H2,1-2H3. The number of ether oxygens (including phenoxy) is 3. The van der Waals surface area contributed by atoms with Crippen molar-refractivity contribution < 1.29 is 24.1 Å². The van der Waals surface area contributed by atoms with E-state index in [0.717, 1.165) is 5.56 Å². The van der Waals surface area contributed by atoms with Crippen LogP contribution < -0.4 is 0 Å². The van der Waals surface area contributed by atoms with Crippen LogP contribution in [-0.4, -0.2) is 37.2 Å². The van der Waals surface area contributed by atoms with E-state index in [1.165, 1.54) is 7.11 Å². The molecule has 1 saturated heterocycles. The lowest BCUT2D eigenvalue weighted by Gasteiger charge is -2.35. The first-order chi connectivity index (χ1) is 8.55. The van der Waals surface area contributed by atoms with Crippen LogP contribution in [0.4, 0.5) is 0 Å². The van der Waals surface area contributed by atoms with Crippen molar-refractivity contribution in [1.82, 2.24) is 0 Å². The zero-order valence-corrected chi connectivity index (χ0v) is 10.4. The summed E-state index contributed by atoms with van der Waals surface area (Å²) < 4.78 is 15.5. The number of benzene rings is 1. The topological polar surface area (TPSA) is 65.0 Å². The van der Waals surface area contributed by atoms with Crippen molar-refractivity contribution in [3.8, 4) is 5.75 Å². The summed E-state index contributed by atoms with van der Waals surface area (Å²) in [5.74, 6) is -1.59. The third-order valence-corrected chi connectivity index (χ3v) is 3.04. The fraction of sp³-hybridized carbons (Fsp3) is 0.462. The van der Waals surface area contributed by atoms with Gasteiger partial charge in [-0.05, 0) is 17.7 Å². The molecule has 0 radical (unpaired) electrons. The molecule has 5 heteroatoms. The van der Waals surface area contributed by atoms with E-state index in [2.05, 4.69) is 4.74 Å². The Balaban J connectivity index is 2.02. The summed E-state index contributed by atoms with van der Waals surface area (Å²) in [6.07, 6.45) is 0. The van der Waals surface area contributed by atoms with Crippen LogP contribution in [0.15, 0.2) is 24.3 Å². The SMILES string of the molecule is COC(=O)C1(C)OCC(c2ccc(O)cc2)CO1. The van der Waals surface area contributed by atoms with E-state index in [1.54, 1.807) is 19.1 Å². The molecular weight excluding hydrogens is 236 g/mol. The third kappa shape index (κ3) is 2.47. The van der Waals surface area contributed by atoms with Gasteiger partial charge in [-0.2, -0.15) is 0 Å². The van der Waals surface area contributed by atoms with Gasteiger partial charge in [-0.1, -0.05) is 12.1 Å². The molecule has 0 amide bonds. The maximum Gasteiger partial charge on any atom is 0.366 e. The minimum atomic E-state index is -1.32. The van der Waals surface area contributed by atoms with Gasteiger partial charge in [0, 0.05) is 12.8 Å². The van der Waals surface area contributed by atoms with E-state index < -0.39 is 11.8 Å². The first-order valence-corrected chi connectivity index (χ1v) is 5.70. The van der Waals surface area contributed by atoms with Gasteiger partial charge in [-0.15, -0.1) is 0 Å². The molecule has 2 rings (SSSR count). The fourth-order valence-corrected chi connectivity index (χ4v) is 1.85. The zero-order valence-electron chi connectivity index (χ0n) is 10.4. The van der Waals surface area contributed by atoms with Crippen LogP contribution in [0.2, 0.25) is 0 Å². The first kappa shape index (κ1) is 12.9. The molecule has 0 atom stereocenters. The molecule has 5 nitrogen and oxygen atoms in total. The quantitative estimate of drug-likeness (QED) is 0.806. The predicted molar refractivity (Wildman–Crippen MR) is 63.2 cm³/mol. The van der Waals surface area contributed by atoms with Gasteiger partial charge < -0.3 is 19.3 Å². The lowest BCUT2D eigenvalue weighted by molar-refractivity contribution is -0.264. The Labute approximate surface area is 105 Å². The minimum Gasteiger partial charge on any atom is -0.508 e. The average molecular weight is 252 g/mol. The lowest BCUT2D eigenvalue weighted by Crippen LogP contribution is -2.47. The molecule has 1 aromatic rings. The van der Waals surface area contributed by atoms with Gasteiger partial charge in [0.25, 0.3) is 5.79 Å². The van der Waals surface area contributed by atoms with Gasteiger partial charge in [0.2, 0.25) is 0 Å². The lowest BCUT2D eigenvalue weighted by atomic mass is 9.99. The van der Waals surface area contributed by atoms with Crippen LogP contribution in [0.3, 0.4) is 0 Å². The van der Waals surface area contributed by atoms with Gasteiger partial charge in [-0.3, -0.25) is 0 Å². The molecule has 98 valence electrons. The van der Waals surface area contributed by atoms with Crippen LogP contribution in [-0.2, 0) is 19.0 Å². The molecule has 1 N–H and O–H groups in total. The largest absolute Gasteiger partial charge is 0.508 e. The number of esters is 1. The first-order valence-electron chi connectivity index (χ1n) is 5.70. The van der Waals surface area contributed by atoms with Crippen molar-refractivity contribution in [2.75, 3.05) is 20.3 Å². The summed E-state index contributed by atoms with van der Waals surface area (Å²) in [6.45, 7) is 2.29. The van der Waals surface area contributed by atoms with Crippen molar-refractivity contribution in [1.29, 1.82) is 0 Å². The average Bonchev–Trinajstić information content (AvgIpc) is 2.40. The fourth-order valence-electron chi connectivity index (χ4n) is 1.85. The number of phenolic OH excluding ortho intramolecular Hbond substituents is 1. The highest BCUT2D eigenvalue weighted by atomic mass is 16.7. The smallest absolute Gasteiger partial charge is 0.366 e. The second-order valence-electron chi connectivity index (χ2n) is 4.35. The van der Waals surface area contributed by atoms with Crippen LogP contribution in [0.25, 0.3) is 0 Å². The van der Waals surface area contributed by atoms with Gasteiger partial charge in [-0.25, -0.2) is 4.79 Å². The van der Waals surface area contributed by atoms with Gasteiger partial charge in [0.1, 0.15) is 5.75 Å². The van der Waals surface area contributed by atoms with Crippen LogP contribution in [0.5, 0.6) is 5.75 Å². The van der Waals surface area contributed by atoms with Crippen LogP contribution in [0, 0.1) is 0 Å². The summed E-state index contributed by atoms with van der Waals surface area (Å²) in [5, 5.41) is 9.22. The monoisotopic (exact) mass is 252 g/mol. The van der Waals surface area contributed by atoms with Crippen LogP contribution >= 0.6 is 0 Å². The molecule has 1 aliphatic rings. The van der Waals surface area contributed by atoms with Crippen molar-refractivity contribution in [2.24, 2.45) is 0 Å². The van der Waals surface area contributed by atoms with Crippen LogP contribution in [0.1, 0.15) is 18.4 Å². The number of phenols is 1. The van der Waals surface area contributed by atoms with E-state index in [9.17, 15) is 9.90 Å². The Hall–Kier alpha value is -1.59. The molecule has 0 aromatic heterocycles. The Morgan fingerprint density at radius 3 is 2.39 bits per heavy atom. The highest BCUT2D eigenvalue weighted by molar-refractivity contribution is 5.77. The molecule has 1 heterocycles. The number of carbonyl (C=O) groups excluding carboxylic acids is 1. The van der Waals surface area contributed by atoms with E-state index in [1.807, 2.05) is 12.1 Å². The Kier molecular flexibility index (Phi) is 3.54. The summed E-state index contributed by atoms with van der Waals surface area (Å²) in [6, 6.07) is 6.86. The Bertz CT molecular complexity index is 418. The maximum atomic E-state index is 11.5. The summed E-state index contributed by atoms with van der Waals surface area (Å²) in [7, 11) is 1.30. The second kappa shape index (κ2) is 4.96. The van der Waals surface area contributed by atoms with E-state index in [4.69, 9.17) is 9.47 Å². The number of hydrogen-bond donors (Lipinski definition) is 1. The molecule has 1 fully saturated rings. The molecule has 1 aliphatic heterocycles. The Morgan fingerprint density at radius 2 is 1.89 bits per heavy atom. The van der Waals surface area contributed by atoms with Crippen molar-refractivity contribution in [3.63, 3.8) is 0 Å². The van der Waals surface area contributed by atoms with Gasteiger partial charge >= 0.3 is 5.97 Å². The zero-order chi connectivity index (χ0) is 13.2. The van der Waals surface area contributed by atoms with E-state index >= 15 is 0 Å². The summed E-state index contributed by atoms with van der Waals surface area (Å²) in [5.41, 5.74) is 1.000. The molecule has 0 spiro atoms. The molecule has 0 unspecified atom stereocenters. The number of rotatable bonds is 2. The number of aromatic hydroxyl groups is 1. The molecular formula is C13H16O5. The number of methoxy groups -OCH3 is 1. The molecule has 0 aliphatic carbocycles. The summed E-state index contributed by atoms with van der Waals surface area (Å²) in [4.78, 5) is 11.5. The second-order valence-corrected chi connectivity index (χ2v) is 4.35. The van der Waals surface area contributed by atoms with Crippen molar-refractivity contribution in [3.05, 3.63) is 29.8 Å². The third-order valence-electron chi connectivity index (χ3n) is 3.04. The van der Waals surface area contributed by atoms with E-state index in [-0.39, 0.29) is 11.7 Å². The maximum absolute atomic E-state index is 11.5. The van der Waals surface area contributed by atoms with Gasteiger partial charge in [0.05, 0.1) is 20.3 Å². The molecule has 0 bridgehead atoms. The van der Waals surface area contributed by atoms with Crippen molar-refractivity contribution in [2.45, 2.75) is 18.6 Å². The van der Waals surface area contributed by atoms with Crippen molar-refractivity contribution >= 4 is 5.97 Å². The molecule has 0 saturated carbocycles. The summed E-state index contributed by atoms with van der Waals surface area (Å²) >= 11 is 0. The van der Waals surface area contributed by atoms with Gasteiger partial charge in [0.15, 0.2) is 0 Å². The normalized spacial score (nSPS) is 27.8. The number of hydrogen-bond acceptors (Lipinski definition) is 5. The number of carbonyl (C=O) groups is 1.